The molecule has 0 aromatic heterocycles. The Morgan fingerprint density at radius 2 is 2.00 bits per heavy atom. The van der Waals surface area contributed by atoms with Gasteiger partial charge >= 0.3 is 5.97 Å². The largest absolute Gasteiger partial charge is 0.458 e. The quantitative estimate of drug-likeness (QED) is 0.441. The van der Waals surface area contributed by atoms with E-state index in [0.29, 0.717) is 12.2 Å². The van der Waals surface area contributed by atoms with E-state index in [2.05, 4.69) is 13.5 Å². The van der Waals surface area contributed by atoms with Crippen LogP contribution in [-0.2, 0) is 19.0 Å². The van der Waals surface area contributed by atoms with Gasteiger partial charge in [0.15, 0.2) is 5.79 Å². The van der Waals surface area contributed by atoms with E-state index < -0.39 is 5.79 Å². The fraction of sp³-hybridized carbons (Fsp3) is 0.833. The smallest absolute Gasteiger partial charge is 0.334 e. The monoisotopic (exact) mass is 308 g/mol. The number of carbonyl (C=O) groups is 1. The van der Waals surface area contributed by atoms with Crippen LogP contribution in [-0.4, -0.2) is 30.6 Å². The number of rotatable bonds is 5. The first-order valence-corrected chi connectivity index (χ1v) is 8.87. The van der Waals surface area contributed by atoms with Gasteiger partial charge in [0.2, 0.25) is 0 Å². The first-order chi connectivity index (χ1) is 10.7. The van der Waals surface area contributed by atoms with Crippen molar-refractivity contribution < 1.29 is 19.0 Å². The lowest BCUT2D eigenvalue weighted by molar-refractivity contribution is -0.192. The molecule has 3 atom stereocenters. The maximum absolute atomic E-state index is 11.9. The molecule has 2 heterocycles. The Morgan fingerprint density at radius 3 is 2.73 bits per heavy atom. The van der Waals surface area contributed by atoms with E-state index >= 15 is 0 Å². The summed E-state index contributed by atoms with van der Waals surface area (Å²) in [5.41, 5.74) is 0.572. The van der Waals surface area contributed by atoms with E-state index in [0.717, 1.165) is 38.5 Å². The molecule has 4 nitrogen and oxygen atoms in total. The van der Waals surface area contributed by atoms with E-state index in [9.17, 15) is 4.79 Å². The average molecular weight is 308 g/mol. The van der Waals surface area contributed by atoms with Crippen LogP contribution in [0.4, 0.5) is 0 Å². The van der Waals surface area contributed by atoms with E-state index in [-0.39, 0.29) is 24.1 Å². The lowest BCUT2D eigenvalue weighted by atomic mass is 9.88. The Labute approximate surface area is 133 Å². The van der Waals surface area contributed by atoms with Gasteiger partial charge in [0.25, 0.3) is 0 Å². The van der Waals surface area contributed by atoms with Gasteiger partial charge in [-0.1, -0.05) is 32.8 Å². The molecule has 0 N–H and O–H groups in total. The number of hydrogen-bond donors (Lipinski definition) is 0. The molecule has 4 heteroatoms. The number of hydrogen-bond acceptors (Lipinski definition) is 4. The first kappa shape index (κ1) is 16.0. The molecule has 1 saturated carbocycles. The van der Waals surface area contributed by atoms with Gasteiger partial charge in [0, 0.05) is 18.4 Å². The molecule has 124 valence electrons. The lowest BCUT2D eigenvalue weighted by Gasteiger charge is -2.32. The maximum Gasteiger partial charge on any atom is 0.334 e. The minimum Gasteiger partial charge on any atom is -0.458 e. The van der Waals surface area contributed by atoms with Crippen molar-refractivity contribution in [3.63, 3.8) is 0 Å². The molecule has 3 fully saturated rings. The molecule has 0 unspecified atom stereocenters. The maximum atomic E-state index is 11.9. The van der Waals surface area contributed by atoms with E-state index in [4.69, 9.17) is 14.2 Å². The van der Waals surface area contributed by atoms with Gasteiger partial charge in [-0.25, -0.2) is 4.79 Å². The third-order valence-electron chi connectivity index (χ3n) is 5.31. The third-order valence-corrected chi connectivity index (χ3v) is 5.31. The predicted molar refractivity (Wildman–Crippen MR) is 83.3 cm³/mol. The van der Waals surface area contributed by atoms with Gasteiger partial charge in [0.05, 0.1) is 18.6 Å². The van der Waals surface area contributed by atoms with E-state index in [1.54, 1.807) is 0 Å². The van der Waals surface area contributed by atoms with Crippen LogP contribution in [0, 0.1) is 5.92 Å². The number of unbranched alkanes of at least 4 members (excludes halogenated alkanes) is 2. The van der Waals surface area contributed by atoms with Gasteiger partial charge in [-0.2, -0.15) is 0 Å². The molecule has 3 aliphatic rings. The molecule has 0 amide bonds. The number of cyclic esters (lactones) is 1. The second-order valence-corrected chi connectivity index (χ2v) is 6.93. The topological polar surface area (TPSA) is 44.8 Å². The highest BCUT2D eigenvalue weighted by atomic mass is 16.7. The van der Waals surface area contributed by atoms with Crippen LogP contribution in [0.2, 0.25) is 0 Å². The number of carbonyl (C=O) groups excluding carboxylic acids is 1. The Morgan fingerprint density at radius 1 is 1.23 bits per heavy atom. The van der Waals surface area contributed by atoms with Crippen LogP contribution in [0.25, 0.3) is 0 Å². The van der Waals surface area contributed by atoms with Gasteiger partial charge in [-0.15, -0.1) is 0 Å². The standard InChI is InChI=1S/C18H28O4/c1-3-4-6-9-14-16(13(2)17(19)21-14)15-12-20-18(22-15)10-7-5-8-11-18/h14-16H,2-12H2,1H3/t14-,15-,16+/m1/s1. The summed E-state index contributed by atoms with van der Waals surface area (Å²) in [6, 6.07) is 0. The minimum absolute atomic E-state index is 0.0364. The summed E-state index contributed by atoms with van der Waals surface area (Å²) in [5.74, 6) is -0.687. The molecule has 2 saturated heterocycles. The van der Waals surface area contributed by atoms with Crippen molar-refractivity contribution in [2.45, 2.75) is 82.7 Å². The van der Waals surface area contributed by atoms with Gasteiger partial charge in [-0.05, 0) is 25.7 Å². The normalized spacial score (nSPS) is 34.3. The highest BCUT2D eigenvalue weighted by Crippen LogP contribution is 2.43. The summed E-state index contributed by atoms with van der Waals surface area (Å²) in [6.45, 7) is 6.70. The summed E-state index contributed by atoms with van der Waals surface area (Å²) in [6.07, 6.45) is 9.67. The molecule has 0 radical (unpaired) electrons. The summed E-state index contributed by atoms with van der Waals surface area (Å²) < 4.78 is 17.9. The second kappa shape index (κ2) is 6.71. The molecule has 2 aliphatic heterocycles. The van der Waals surface area contributed by atoms with Crippen molar-refractivity contribution in [3.8, 4) is 0 Å². The Kier molecular flexibility index (Phi) is 4.88. The molecule has 0 aromatic carbocycles. The highest BCUT2D eigenvalue weighted by molar-refractivity contribution is 5.91. The fourth-order valence-corrected chi connectivity index (χ4v) is 4.05. The highest BCUT2D eigenvalue weighted by Gasteiger charge is 2.51. The summed E-state index contributed by atoms with van der Waals surface area (Å²) in [7, 11) is 0. The van der Waals surface area contributed by atoms with Gasteiger partial charge in [-0.3, -0.25) is 0 Å². The van der Waals surface area contributed by atoms with Crippen LogP contribution in [0.1, 0.15) is 64.7 Å². The van der Waals surface area contributed by atoms with Crippen LogP contribution in [0.3, 0.4) is 0 Å². The molecule has 22 heavy (non-hydrogen) atoms. The zero-order chi connectivity index (χ0) is 15.6. The molecule has 1 aliphatic carbocycles. The summed E-state index contributed by atoms with van der Waals surface area (Å²) >= 11 is 0. The van der Waals surface area contributed by atoms with Crippen LogP contribution >= 0.6 is 0 Å². The average Bonchev–Trinajstić information content (AvgIpc) is 3.03. The summed E-state index contributed by atoms with van der Waals surface area (Å²) in [5, 5.41) is 0. The van der Waals surface area contributed by atoms with Crippen molar-refractivity contribution >= 4 is 5.97 Å². The van der Waals surface area contributed by atoms with Crippen LogP contribution in [0.15, 0.2) is 12.2 Å². The molecule has 0 aromatic rings. The van der Waals surface area contributed by atoms with Crippen molar-refractivity contribution in [1.29, 1.82) is 0 Å². The second-order valence-electron chi connectivity index (χ2n) is 6.93. The SMILES string of the molecule is C=C1C(=O)O[C@H](CCCCC)[C@H]1[C@H]1COC2(CCCCC2)O1. The van der Waals surface area contributed by atoms with Crippen LogP contribution < -0.4 is 0 Å². The zero-order valence-corrected chi connectivity index (χ0v) is 13.6. The molecule has 1 spiro atoms. The molecular weight excluding hydrogens is 280 g/mol. The lowest BCUT2D eigenvalue weighted by Crippen LogP contribution is -2.36. The number of ether oxygens (including phenoxy) is 3. The zero-order valence-electron chi connectivity index (χ0n) is 13.6. The van der Waals surface area contributed by atoms with Crippen molar-refractivity contribution in [1.82, 2.24) is 0 Å². The Hall–Kier alpha value is -0.870. The molecule has 0 bridgehead atoms. The minimum atomic E-state index is -0.400. The van der Waals surface area contributed by atoms with Crippen LogP contribution in [0.5, 0.6) is 0 Å². The third kappa shape index (κ3) is 3.09. The summed E-state index contributed by atoms with van der Waals surface area (Å²) in [4.78, 5) is 11.9. The van der Waals surface area contributed by atoms with Gasteiger partial charge < -0.3 is 14.2 Å². The Bertz CT molecular complexity index is 425. The van der Waals surface area contributed by atoms with Crippen molar-refractivity contribution in [2.24, 2.45) is 5.92 Å². The number of esters is 1. The Balaban J connectivity index is 1.65. The fourth-order valence-electron chi connectivity index (χ4n) is 4.05. The molecule has 3 rings (SSSR count). The van der Waals surface area contributed by atoms with Crippen molar-refractivity contribution in [3.05, 3.63) is 12.2 Å². The van der Waals surface area contributed by atoms with Gasteiger partial charge in [0.1, 0.15) is 6.10 Å². The predicted octanol–water partition coefficient (Wildman–Crippen LogP) is 3.74. The van der Waals surface area contributed by atoms with E-state index in [1.165, 1.54) is 19.3 Å². The van der Waals surface area contributed by atoms with Crippen molar-refractivity contribution in [2.75, 3.05) is 6.61 Å². The first-order valence-electron chi connectivity index (χ1n) is 8.87. The molecular formula is C18H28O4. The van der Waals surface area contributed by atoms with E-state index in [1.807, 2.05) is 0 Å².